The summed E-state index contributed by atoms with van der Waals surface area (Å²) in [6, 6.07) is 12.1. The number of hydrogen-bond acceptors (Lipinski definition) is 5. The van der Waals surface area contributed by atoms with Gasteiger partial charge in [0.05, 0.1) is 0 Å². The van der Waals surface area contributed by atoms with Gasteiger partial charge in [-0.15, -0.1) is 6.58 Å². The van der Waals surface area contributed by atoms with Crippen molar-refractivity contribution in [3.8, 4) is 5.75 Å². The third-order valence-corrected chi connectivity index (χ3v) is 6.84. The van der Waals surface area contributed by atoms with Crippen molar-refractivity contribution >= 4 is 17.9 Å². The molecule has 1 aliphatic carbocycles. The molecule has 3 amide bonds. The Morgan fingerprint density at radius 3 is 2.38 bits per heavy atom. The number of rotatable bonds is 10. The number of amides is 3. The van der Waals surface area contributed by atoms with Gasteiger partial charge in [-0.2, -0.15) is 0 Å². The molecule has 0 radical (unpaired) electrons. The lowest BCUT2D eigenvalue weighted by Crippen LogP contribution is -2.54. The molecule has 2 unspecified atom stereocenters. The van der Waals surface area contributed by atoms with Crippen LogP contribution in [0.2, 0.25) is 0 Å². The van der Waals surface area contributed by atoms with E-state index in [1.54, 1.807) is 39.0 Å². The Kier molecular flexibility index (Phi) is 10.8. The zero-order chi connectivity index (χ0) is 29.3. The lowest BCUT2D eigenvalue weighted by molar-refractivity contribution is -0.142. The molecule has 216 valence electrons. The number of phenolic OH excluding ortho intramolecular Hbond substituents is 1. The maximum atomic E-state index is 14.3. The predicted octanol–water partition coefficient (Wildman–Crippen LogP) is 5.34. The first-order chi connectivity index (χ1) is 19.0. The molecule has 1 aliphatic rings. The summed E-state index contributed by atoms with van der Waals surface area (Å²) in [6.45, 7) is 11.1. The van der Waals surface area contributed by atoms with Crippen LogP contribution < -0.4 is 10.6 Å². The Balaban J connectivity index is 1.99. The minimum absolute atomic E-state index is 0.0573. The van der Waals surface area contributed by atoms with E-state index in [4.69, 9.17) is 4.74 Å². The number of aryl methyl sites for hydroxylation is 1. The summed E-state index contributed by atoms with van der Waals surface area (Å²) in [7, 11) is 0. The number of nitrogens with one attached hydrogen (secondary N) is 2. The summed E-state index contributed by atoms with van der Waals surface area (Å²) in [5.41, 5.74) is 1.61. The third-order valence-electron chi connectivity index (χ3n) is 6.84. The van der Waals surface area contributed by atoms with E-state index in [0.717, 1.165) is 43.2 Å². The molecule has 1 fully saturated rings. The second-order valence-electron chi connectivity index (χ2n) is 11.5. The van der Waals surface area contributed by atoms with E-state index < -0.39 is 29.7 Å². The van der Waals surface area contributed by atoms with E-state index in [0.29, 0.717) is 5.56 Å². The normalized spacial score (nSPS) is 15.4. The Morgan fingerprint density at radius 1 is 1.10 bits per heavy atom. The van der Waals surface area contributed by atoms with Crippen molar-refractivity contribution < 1.29 is 24.2 Å². The zero-order valence-corrected chi connectivity index (χ0v) is 24.1. The molecule has 3 rings (SSSR count). The van der Waals surface area contributed by atoms with Crippen LogP contribution in [0.1, 0.15) is 75.6 Å². The number of hydrogen-bond donors (Lipinski definition) is 3. The van der Waals surface area contributed by atoms with Crippen molar-refractivity contribution in [2.75, 3.05) is 6.54 Å². The van der Waals surface area contributed by atoms with Crippen molar-refractivity contribution in [1.29, 1.82) is 0 Å². The lowest BCUT2D eigenvalue weighted by atomic mass is 9.94. The number of phenols is 1. The van der Waals surface area contributed by atoms with Crippen LogP contribution in [0.25, 0.3) is 0 Å². The SMILES string of the molecule is C=CCN(C(=O)C(Cc1ccc(O)cc1)NC(=O)OC(C)(C)C)C(C(=O)NC1CCCCC1)c1cccc(C)c1. The van der Waals surface area contributed by atoms with Crippen molar-refractivity contribution in [3.05, 3.63) is 77.9 Å². The fourth-order valence-corrected chi connectivity index (χ4v) is 5.02. The maximum Gasteiger partial charge on any atom is 0.408 e. The first-order valence-electron chi connectivity index (χ1n) is 14.0. The molecule has 3 N–H and O–H groups in total. The largest absolute Gasteiger partial charge is 0.508 e. The molecule has 1 saturated carbocycles. The summed E-state index contributed by atoms with van der Waals surface area (Å²) in [4.78, 5) is 42.5. The molecule has 8 heteroatoms. The quantitative estimate of drug-likeness (QED) is 0.347. The van der Waals surface area contributed by atoms with Crippen molar-refractivity contribution in [3.63, 3.8) is 0 Å². The van der Waals surface area contributed by atoms with Gasteiger partial charge in [-0.3, -0.25) is 9.59 Å². The van der Waals surface area contributed by atoms with E-state index in [1.807, 2.05) is 31.2 Å². The Labute approximate surface area is 237 Å². The lowest BCUT2D eigenvalue weighted by Gasteiger charge is -2.35. The summed E-state index contributed by atoms with van der Waals surface area (Å²) in [5, 5.41) is 15.7. The predicted molar refractivity (Wildman–Crippen MR) is 156 cm³/mol. The van der Waals surface area contributed by atoms with Crippen molar-refractivity contribution in [2.45, 2.75) is 89.9 Å². The molecule has 0 aliphatic heterocycles. The van der Waals surface area contributed by atoms with E-state index in [9.17, 15) is 19.5 Å². The number of ether oxygens (including phenoxy) is 1. The van der Waals surface area contributed by atoms with Gasteiger partial charge in [0.25, 0.3) is 0 Å². The van der Waals surface area contributed by atoms with E-state index in [-0.39, 0.29) is 30.7 Å². The highest BCUT2D eigenvalue weighted by atomic mass is 16.6. The van der Waals surface area contributed by atoms with Crippen LogP contribution >= 0.6 is 0 Å². The second kappa shape index (κ2) is 14.0. The first kappa shape index (κ1) is 30.7. The van der Waals surface area contributed by atoms with E-state index in [1.165, 1.54) is 17.0 Å². The molecule has 2 atom stereocenters. The van der Waals surface area contributed by atoms with Gasteiger partial charge in [-0.05, 0) is 63.8 Å². The molecular formula is C32H43N3O5. The monoisotopic (exact) mass is 549 g/mol. The highest BCUT2D eigenvalue weighted by molar-refractivity contribution is 5.92. The first-order valence-corrected chi connectivity index (χ1v) is 14.0. The van der Waals surface area contributed by atoms with E-state index >= 15 is 0 Å². The van der Waals surface area contributed by atoms with Gasteiger partial charge in [0.1, 0.15) is 23.4 Å². The topological polar surface area (TPSA) is 108 Å². The van der Waals surface area contributed by atoms with Gasteiger partial charge in [0.15, 0.2) is 0 Å². The van der Waals surface area contributed by atoms with Crippen LogP contribution in [-0.2, 0) is 20.7 Å². The molecule has 0 heterocycles. The summed E-state index contributed by atoms with van der Waals surface area (Å²) in [5.74, 6) is -0.601. The summed E-state index contributed by atoms with van der Waals surface area (Å²) in [6.07, 6.45) is 6.08. The number of nitrogens with zero attached hydrogens (tertiary/aromatic N) is 1. The number of alkyl carbamates (subject to hydrolysis) is 1. The summed E-state index contributed by atoms with van der Waals surface area (Å²) < 4.78 is 5.46. The zero-order valence-electron chi connectivity index (χ0n) is 24.1. The molecule has 0 aromatic heterocycles. The van der Waals surface area contributed by atoms with Gasteiger partial charge in [0, 0.05) is 19.0 Å². The van der Waals surface area contributed by atoms with E-state index in [2.05, 4.69) is 17.2 Å². The van der Waals surface area contributed by atoms with Crippen molar-refractivity contribution in [1.82, 2.24) is 15.5 Å². The van der Waals surface area contributed by atoms with Gasteiger partial charge in [0.2, 0.25) is 11.8 Å². The Bertz CT molecular complexity index is 1170. The maximum absolute atomic E-state index is 14.3. The molecule has 40 heavy (non-hydrogen) atoms. The third kappa shape index (κ3) is 9.14. The second-order valence-corrected chi connectivity index (χ2v) is 11.5. The number of aromatic hydroxyl groups is 1. The van der Waals surface area contributed by atoms with Gasteiger partial charge < -0.3 is 25.4 Å². The molecular weight excluding hydrogens is 506 g/mol. The standard InChI is InChI=1S/C32H43N3O5/c1-6-19-35(28(24-12-10-11-22(2)20-24)29(37)33-25-13-8-7-9-14-25)30(38)27(34-31(39)40-32(3,4)5)21-23-15-17-26(36)18-16-23/h6,10-12,15-18,20,25,27-28,36H,1,7-9,13-14,19,21H2,2-5H3,(H,33,37)(H,34,39). The van der Waals surface area contributed by atoms with Crippen LogP contribution in [0.15, 0.2) is 61.2 Å². The van der Waals surface area contributed by atoms with Gasteiger partial charge in [-0.25, -0.2) is 4.79 Å². The summed E-state index contributed by atoms with van der Waals surface area (Å²) >= 11 is 0. The number of carbonyl (C=O) groups is 3. The van der Waals surface area contributed by atoms with Crippen LogP contribution in [0.4, 0.5) is 4.79 Å². The minimum Gasteiger partial charge on any atom is -0.508 e. The Hall–Kier alpha value is -3.81. The van der Waals surface area contributed by atoms with Crippen LogP contribution in [0, 0.1) is 6.92 Å². The highest BCUT2D eigenvalue weighted by Crippen LogP contribution is 2.26. The highest BCUT2D eigenvalue weighted by Gasteiger charge is 2.36. The average molecular weight is 550 g/mol. The van der Waals surface area contributed by atoms with Crippen LogP contribution in [0.3, 0.4) is 0 Å². The molecule has 0 bridgehead atoms. The fraction of sp³-hybridized carbons (Fsp3) is 0.469. The average Bonchev–Trinajstić information content (AvgIpc) is 2.88. The fourth-order valence-electron chi connectivity index (χ4n) is 5.02. The minimum atomic E-state index is -1.03. The Morgan fingerprint density at radius 2 is 1.77 bits per heavy atom. The molecule has 0 spiro atoms. The molecule has 2 aromatic rings. The molecule has 8 nitrogen and oxygen atoms in total. The van der Waals surface area contributed by atoms with Crippen LogP contribution in [0.5, 0.6) is 5.75 Å². The van der Waals surface area contributed by atoms with Gasteiger partial charge in [-0.1, -0.05) is 67.3 Å². The molecule has 2 aromatic carbocycles. The number of benzene rings is 2. The number of carbonyl (C=O) groups excluding carboxylic acids is 3. The smallest absolute Gasteiger partial charge is 0.408 e. The molecule has 0 saturated heterocycles. The van der Waals surface area contributed by atoms with Crippen LogP contribution in [-0.4, -0.2) is 52.1 Å². The van der Waals surface area contributed by atoms with Gasteiger partial charge >= 0.3 is 6.09 Å². The van der Waals surface area contributed by atoms with Crippen molar-refractivity contribution in [2.24, 2.45) is 0 Å².